The van der Waals surface area contributed by atoms with Crippen molar-refractivity contribution in [3.05, 3.63) is 63.6 Å². The van der Waals surface area contributed by atoms with E-state index in [9.17, 15) is 31.1 Å². The number of hydrogen-bond acceptors (Lipinski definition) is 5. The third-order valence-electron chi connectivity index (χ3n) is 5.85. The molecule has 37 heavy (non-hydrogen) atoms. The molecule has 198 valence electrons. The first-order valence-electron chi connectivity index (χ1n) is 11.3. The molecule has 1 amide bonds. The van der Waals surface area contributed by atoms with Crippen molar-refractivity contribution in [3.63, 3.8) is 0 Å². The van der Waals surface area contributed by atoms with Gasteiger partial charge in [-0.1, -0.05) is 12.1 Å². The predicted octanol–water partition coefficient (Wildman–Crippen LogP) is 6.77. The number of carbonyl (C=O) groups excluding carboxylic acids is 1. The number of amidine groups is 1. The van der Waals surface area contributed by atoms with E-state index in [1.165, 1.54) is 24.9 Å². The maximum Gasteiger partial charge on any atom is 0.416 e. The Hall–Kier alpha value is -3.15. The van der Waals surface area contributed by atoms with E-state index >= 15 is 0 Å². The molecule has 0 aliphatic carbocycles. The Balaban J connectivity index is 1.50. The monoisotopic (exact) mass is 544 g/mol. The van der Waals surface area contributed by atoms with E-state index in [1.807, 2.05) is 0 Å². The van der Waals surface area contributed by atoms with Crippen molar-refractivity contribution < 1.29 is 40.6 Å². The number of methoxy groups -OCH3 is 1. The third kappa shape index (κ3) is 6.41. The molecule has 2 aliphatic heterocycles. The van der Waals surface area contributed by atoms with Crippen LogP contribution in [0.1, 0.15) is 41.5 Å². The van der Waals surface area contributed by atoms with Gasteiger partial charge < -0.3 is 14.4 Å². The van der Waals surface area contributed by atoms with Crippen molar-refractivity contribution in [3.8, 4) is 11.5 Å². The second-order valence-electron chi connectivity index (χ2n) is 8.42. The number of alkyl halides is 6. The summed E-state index contributed by atoms with van der Waals surface area (Å²) in [7, 11) is 1.34. The summed E-state index contributed by atoms with van der Waals surface area (Å²) >= 11 is 1.28. The van der Waals surface area contributed by atoms with Gasteiger partial charge in [0.15, 0.2) is 16.7 Å². The zero-order chi connectivity index (χ0) is 26.8. The second kappa shape index (κ2) is 10.7. The number of hydrogen-bond donors (Lipinski definition) is 0. The van der Waals surface area contributed by atoms with Crippen LogP contribution in [0.2, 0.25) is 0 Å². The lowest BCUT2D eigenvalue weighted by Crippen LogP contribution is -2.33. The summed E-state index contributed by atoms with van der Waals surface area (Å²) in [6, 6.07) is 6.00. The number of likely N-dealkylation sites (tertiary alicyclic amines) is 1. The fraction of sp³-hybridized carbons (Fsp3) is 0.360. The molecule has 1 fully saturated rings. The maximum absolute atomic E-state index is 13.4. The molecule has 5 nitrogen and oxygen atoms in total. The summed E-state index contributed by atoms with van der Waals surface area (Å²) in [6.45, 7) is 1.06. The Morgan fingerprint density at radius 3 is 2.35 bits per heavy atom. The van der Waals surface area contributed by atoms with Gasteiger partial charge >= 0.3 is 12.4 Å². The molecule has 0 aromatic heterocycles. The highest BCUT2D eigenvalue weighted by atomic mass is 32.2. The number of amides is 1. The standard InChI is InChI=1S/C25H22F6N2O3S/c1-35-20-11-15(12-21-22(34)32-23(37-21)33-9-3-2-4-10-33)5-8-19(20)36-14-16-6-7-17(24(26,27)28)13-18(16)25(29,30)31/h5-8,11-13H,2-4,9-10,14H2,1H3/b21-12+. The molecule has 0 bridgehead atoms. The number of halogens is 6. The highest BCUT2D eigenvalue weighted by Crippen LogP contribution is 2.39. The molecule has 0 unspecified atom stereocenters. The van der Waals surface area contributed by atoms with Crippen LogP contribution < -0.4 is 9.47 Å². The van der Waals surface area contributed by atoms with Gasteiger partial charge in [-0.3, -0.25) is 4.79 Å². The van der Waals surface area contributed by atoms with Crippen LogP contribution in [0, 0.1) is 0 Å². The lowest BCUT2D eigenvalue weighted by molar-refractivity contribution is -0.143. The van der Waals surface area contributed by atoms with Gasteiger partial charge in [0.1, 0.15) is 6.61 Å². The molecule has 0 saturated carbocycles. The number of benzene rings is 2. The molecule has 2 aliphatic rings. The average Bonchev–Trinajstić information content (AvgIpc) is 3.22. The molecule has 0 spiro atoms. The summed E-state index contributed by atoms with van der Waals surface area (Å²) < 4.78 is 89.8. The zero-order valence-electron chi connectivity index (χ0n) is 19.6. The summed E-state index contributed by atoms with van der Waals surface area (Å²) in [4.78, 5) is 19.0. The summed E-state index contributed by atoms with van der Waals surface area (Å²) in [6.07, 6.45) is -5.04. The van der Waals surface area contributed by atoms with E-state index in [1.54, 1.807) is 18.2 Å². The fourth-order valence-corrected chi connectivity index (χ4v) is 4.93. The van der Waals surface area contributed by atoms with Gasteiger partial charge in [-0.25, -0.2) is 0 Å². The first-order chi connectivity index (χ1) is 17.5. The van der Waals surface area contributed by atoms with E-state index in [0.29, 0.717) is 21.7 Å². The van der Waals surface area contributed by atoms with Crippen molar-refractivity contribution in [1.29, 1.82) is 0 Å². The van der Waals surface area contributed by atoms with Crippen molar-refractivity contribution in [2.24, 2.45) is 4.99 Å². The van der Waals surface area contributed by atoms with E-state index in [-0.39, 0.29) is 23.5 Å². The Bertz CT molecular complexity index is 1230. The summed E-state index contributed by atoms with van der Waals surface area (Å²) in [5.74, 6) is -0.0809. The first-order valence-corrected chi connectivity index (χ1v) is 12.1. The molecule has 12 heteroatoms. The van der Waals surface area contributed by atoms with E-state index < -0.39 is 35.6 Å². The fourth-order valence-electron chi connectivity index (χ4n) is 3.96. The Morgan fingerprint density at radius 2 is 1.70 bits per heavy atom. The Labute approximate surface area is 213 Å². The van der Waals surface area contributed by atoms with Gasteiger partial charge in [-0.15, -0.1) is 0 Å². The highest BCUT2D eigenvalue weighted by molar-refractivity contribution is 8.18. The number of carbonyl (C=O) groups is 1. The van der Waals surface area contributed by atoms with Crippen LogP contribution >= 0.6 is 11.8 Å². The van der Waals surface area contributed by atoms with Crippen LogP contribution in [-0.4, -0.2) is 36.2 Å². The number of ether oxygens (including phenoxy) is 2. The molecule has 2 aromatic rings. The quantitative estimate of drug-likeness (QED) is 0.307. The number of thioether (sulfide) groups is 1. The van der Waals surface area contributed by atoms with Gasteiger partial charge in [-0.05, 0) is 66.9 Å². The van der Waals surface area contributed by atoms with E-state index in [2.05, 4.69) is 9.89 Å². The van der Waals surface area contributed by atoms with E-state index in [0.717, 1.165) is 38.4 Å². The molecule has 0 radical (unpaired) electrons. The lowest BCUT2D eigenvalue weighted by Gasteiger charge is -2.27. The number of rotatable bonds is 5. The number of aliphatic imine (C=N–C) groups is 1. The van der Waals surface area contributed by atoms with Crippen molar-refractivity contribution in [2.45, 2.75) is 38.2 Å². The molecule has 2 aromatic carbocycles. The molecular formula is C25H22F6N2O3S. The second-order valence-corrected chi connectivity index (χ2v) is 9.43. The van der Waals surface area contributed by atoms with Gasteiger partial charge in [0.05, 0.1) is 23.1 Å². The van der Waals surface area contributed by atoms with Gasteiger partial charge in [0.25, 0.3) is 5.91 Å². The first kappa shape index (κ1) is 26.9. The summed E-state index contributed by atoms with van der Waals surface area (Å²) in [5, 5.41) is 0.667. The van der Waals surface area contributed by atoms with Crippen molar-refractivity contribution in [1.82, 2.24) is 4.90 Å². The van der Waals surface area contributed by atoms with Crippen LogP contribution in [-0.2, 0) is 23.8 Å². The van der Waals surface area contributed by atoms with Crippen molar-refractivity contribution >= 4 is 28.9 Å². The minimum Gasteiger partial charge on any atom is -0.493 e. The molecule has 0 atom stereocenters. The third-order valence-corrected chi connectivity index (χ3v) is 6.89. The van der Waals surface area contributed by atoms with Gasteiger partial charge in [0.2, 0.25) is 0 Å². The van der Waals surface area contributed by atoms with Crippen LogP contribution in [0.4, 0.5) is 26.3 Å². The average molecular weight is 545 g/mol. The van der Waals surface area contributed by atoms with E-state index in [4.69, 9.17) is 9.47 Å². The molecule has 2 heterocycles. The predicted molar refractivity (Wildman–Crippen MR) is 127 cm³/mol. The van der Waals surface area contributed by atoms with Crippen LogP contribution in [0.15, 0.2) is 46.3 Å². The van der Waals surface area contributed by atoms with Gasteiger partial charge in [0, 0.05) is 18.7 Å². The zero-order valence-corrected chi connectivity index (χ0v) is 20.4. The smallest absolute Gasteiger partial charge is 0.416 e. The molecule has 1 saturated heterocycles. The van der Waals surface area contributed by atoms with Gasteiger partial charge in [-0.2, -0.15) is 31.3 Å². The normalized spacial score (nSPS) is 17.8. The van der Waals surface area contributed by atoms with Crippen LogP contribution in [0.25, 0.3) is 6.08 Å². The summed E-state index contributed by atoms with van der Waals surface area (Å²) in [5.41, 5.74) is -2.70. The van der Waals surface area contributed by atoms with Crippen molar-refractivity contribution in [2.75, 3.05) is 20.2 Å². The minimum absolute atomic E-state index is 0.0711. The molecular weight excluding hydrogens is 522 g/mol. The molecule has 0 N–H and O–H groups in total. The minimum atomic E-state index is -5.00. The lowest BCUT2D eigenvalue weighted by atomic mass is 10.0. The number of nitrogens with zero attached hydrogens (tertiary/aromatic N) is 2. The maximum atomic E-state index is 13.4. The topological polar surface area (TPSA) is 51.1 Å². The number of piperidine rings is 1. The highest BCUT2D eigenvalue weighted by Gasteiger charge is 2.38. The Kier molecular flexibility index (Phi) is 7.77. The SMILES string of the molecule is COc1cc(/C=C2/SC(N3CCCCC3)=NC2=O)ccc1OCc1ccc(C(F)(F)F)cc1C(F)(F)F. The van der Waals surface area contributed by atoms with Crippen LogP contribution in [0.5, 0.6) is 11.5 Å². The largest absolute Gasteiger partial charge is 0.493 e. The Morgan fingerprint density at radius 1 is 0.973 bits per heavy atom. The molecule has 4 rings (SSSR count). The van der Waals surface area contributed by atoms with Crippen LogP contribution in [0.3, 0.4) is 0 Å².